The number of amidine groups is 1. The molecule has 0 bridgehead atoms. The first-order valence-corrected chi connectivity index (χ1v) is 15.6. The molecule has 0 radical (unpaired) electrons. The van der Waals surface area contributed by atoms with E-state index in [1.807, 2.05) is 32.0 Å². The second kappa shape index (κ2) is 11.6. The summed E-state index contributed by atoms with van der Waals surface area (Å²) in [7, 11) is 0. The highest BCUT2D eigenvalue weighted by Gasteiger charge is 2.40. The van der Waals surface area contributed by atoms with Crippen LogP contribution in [0.4, 0.5) is 0 Å². The van der Waals surface area contributed by atoms with Crippen molar-refractivity contribution in [3.8, 4) is 23.0 Å². The number of hydrogen-bond donors (Lipinski definition) is 0. The first-order valence-electron chi connectivity index (χ1n) is 14.8. The van der Waals surface area contributed by atoms with Gasteiger partial charge >= 0.3 is 0 Å². The number of allylic oxidation sites excluding steroid dienone is 1. The second-order valence-electron chi connectivity index (χ2n) is 10.5. The lowest BCUT2D eigenvalue weighted by Crippen LogP contribution is -2.34. The zero-order chi connectivity index (χ0) is 28.5. The molecular weight excluding hydrogens is 544 g/mol. The molecule has 214 valence electrons. The van der Waals surface area contributed by atoms with Crippen LogP contribution in [0, 0.1) is 0 Å². The van der Waals surface area contributed by atoms with E-state index in [9.17, 15) is 0 Å². The number of ether oxygens (including phenoxy) is 4. The van der Waals surface area contributed by atoms with Crippen LogP contribution in [0.15, 0.2) is 94.0 Å². The van der Waals surface area contributed by atoms with Crippen LogP contribution in [0.5, 0.6) is 23.0 Å². The van der Waals surface area contributed by atoms with Gasteiger partial charge in [-0.1, -0.05) is 36.0 Å². The molecule has 1 unspecified atom stereocenters. The molecule has 4 aliphatic rings. The molecule has 6 nitrogen and oxygen atoms in total. The van der Waals surface area contributed by atoms with Crippen LogP contribution in [0.2, 0.25) is 0 Å². The van der Waals surface area contributed by atoms with E-state index in [0.29, 0.717) is 26.4 Å². The Hall–Kier alpha value is -4.10. The largest absolute Gasteiger partial charge is 0.494 e. The van der Waals surface area contributed by atoms with E-state index in [2.05, 4.69) is 64.9 Å². The van der Waals surface area contributed by atoms with Crippen molar-refractivity contribution < 1.29 is 18.9 Å². The first kappa shape index (κ1) is 26.8. The molecule has 0 saturated heterocycles. The zero-order valence-electron chi connectivity index (χ0n) is 24.0. The van der Waals surface area contributed by atoms with Crippen molar-refractivity contribution in [2.45, 2.75) is 39.2 Å². The molecule has 0 saturated carbocycles. The Morgan fingerprint density at radius 3 is 2.33 bits per heavy atom. The average molecular weight is 579 g/mol. The molecule has 3 heterocycles. The highest BCUT2D eigenvalue weighted by Crippen LogP contribution is 2.51. The second-order valence-corrected chi connectivity index (χ2v) is 11.4. The van der Waals surface area contributed by atoms with Crippen LogP contribution < -0.4 is 18.9 Å². The number of thioether (sulfide) groups is 1. The fourth-order valence-corrected chi connectivity index (χ4v) is 7.00. The van der Waals surface area contributed by atoms with Crippen molar-refractivity contribution in [3.63, 3.8) is 0 Å². The van der Waals surface area contributed by atoms with Gasteiger partial charge in [-0.2, -0.15) is 0 Å². The van der Waals surface area contributed by atoms with Gasteiger partial charge in [0.2, 0.25) is 0 Å². The lowest BCUT2D eigenvalue weighted by atomic mass is 9.82. The van der Waals surface area contributed by atoms with Gasteiger partial charge in [0.05, 0.1) is 30.6 Å². The normalized spacial score (nSPS) is 20.1. The number of fused-ring (bicyclic) bond motifs is 2. The molecule has 7 rings (SSSR count). The van der Waals surface area contributed by atoms with E-state index in [-0.39, 0.29) is 6.04 Å². The predicted molar refractivity (Wildman–Crippen MR) is 169 cm³/mol. The highest BCUT2D eigenvalue weighted by molar-refractivity contribution is 8.16. The number of rotatable bonds is 7. The molecule has 3 aromatic rings. The van der Waals surface area contributed by atoms with Crippen LogP contribution >= 0.6 is 11.8 Å². The minimum Gasteiger partial charge on any atom is -0.494 e. The Bertz CT molecular complexity index is 1600. The smallest absolute Gasteiger partial charge is 0.174 e. The Balaban J connectivity index is 1.30. The molecule has 0 amide bonds. The van der Waals surface area contributed by atoms with E-state index in [1.54, 1.807) is 11.8 Å². The molecule has 42 heavy (non-hydrogen) atoms. The Kier molecular flexibility index (Phi) is 7.43. The van der Waals surface area contributed by atoms with Gasteiger partial charge in [-0.15, -0.1) is 0 Å². The van der Waals surface area contributed by atoms with E-state index >= 15 is 0 Å². The summed E-state index contributed by atoms with van der Waals surface area (Å²) in [5.41, 5.74) is 8.39. The molecule has 0 spiro atoms. The SMILES string of the molecule is CCOc1ccc(/C=C2\CCCC3=C2N=C2SC=C(c4ccc5c(c4)OCCO5)N2C3c2ccc(OCC)cc2)cc1. The quantitative estimate of drug-likeness (QED) is 0.282. The lowest BCUT2D eigenvalue weighted by molar-refractivity contribution is 0.171. The topological polar surface area (TPSA) is 52.5 Å². The maximum atomic E-state index is 5.94. The van der Waals surface area contributed by atoms with Crippen molar-refractivity contribution in [3.05, 3.63) is 106 Å². The summed E-state index contributed by atoms with van der Waals surface area (Å²) in [6.07, 6.45) is 5.39. The minimum atomic E-state index is 0.0293. The summed E-state index contributed by atoms with van der Waals surface area (Å²) < 4.78 is 23.2. The van der Waals surface area contributed by atoms with Gasteiger partial charge < -0.3 is 23.8 Å². The standard InChI is InChI=1S/C35H34N2O4S/c1-3-38-27-13-8-23(9-14-27)20-26-6-5-7-29-33(26)36-35-37(34(29)24-10-15-28(16-11-24)39-4-2)30(22-42-35)25-12-17-31-32(21-25)41-19-18-40-31/h8-17,20-22,34H,3-7,18-19H2,1-2H3/b26-20+. The fourth-order valence-electron chi connectivity index (χ4n) is 6.07. The number of hydrogen-bond acceptors (Lipinski definition) is 7. The van der Waals surface area contributed by atoms with E-state index < -0.39 is 0 Å². The van der Waals surface area contributed by atoms with Crippen molar-refractivity contribution in [1.29, 1.82) is 0 Å². The van der Waals surface area contributed by atoms with E-state index in [4.69, 9.17) is 23.9 Å². The molecule has 0 fully saturated rings. The summed E-state index contributed by atoms with van der Waals surface area (Å²) >= 11 is 1.69. The third-order valence-corrected chi connectivity index (χ3v) is 8.75. The van der Waals surface area contributed by atoms with Crippen LogP contribution in [0.1, 0.15) is 55.8 Å². The van der Waals surface area contributed by atoms with Gasteiger partial charge in [0.15, 0.2) is 16.7 Å². The summed E-state index contributed by atoms with van der Waals surface area (Å²) in [5, 5.41) is 3.22. The van der Waals surface area contributed by atoms with Crippen molar-refractivity contribution in [1.82, 2.24) is 4.90 Å². The molecule has 7 heteroatoms. The molecule has 0 aromatic heterocycles. The maximum Gasteiger partial charge on any atom is 0.174 e. The number of nitrogens with zero attached hydrogens (tertiary/aromatic N) is 2. The highest BCUT2D eigenvalue weighted by atomic mass is 32.2. The average Bonchev–Trinajstić information content (AvgIpc) is 3.45. The molecule has 3 aliphatic heterocycles. The number of benzene rings is 3. The molecule has 3 aromatic carbocycles. The Morgan fingerprint density at radius 2 is 1.60 bits per heavy atom. The van der Waals surface area contributed by atoms with Crippen molar-refractivity contribution in [2.75, 3.05) is 26.4 Å². The van der Waals surface area contributed by atoms with Gasteiger partial charge in [0.25, 0.3) is 0 Å². The molecule has 1 atom stereocenters. The summed E-state index contributed by atoms with van der Waals surface area (Å²) in [5.74, 6) is 3.38. The van der Waals surface area contributed by atoms with Crippen LogP contribution in [0.3, 0.4) is 0 Å². The van der Waals surface area contributed by atoms with Gasteiger partial charge in [-0.3, -0.25) is 0 Å². The fraction of sp³-hybridized carbons (Fsp3) is 0.286. The molecular formula is C35H34N2O4S. The van der Waals surface area contributed by atoms with Crippen molar-refractivity contribution in [2.24, 2.45) is 4.99 Å². The molecule has 0 N–H and O–H groups in total. The van der Waals surface area contributed by atoms with Crippen molar-refractivity contribution >= 4 is 28.7 Å². The molecule has 1 aliphatic carbocycles. The summed E-state index contributed by atoms with van der Waals surface area (Å²) in [6.45, 7) is 6.48. The predicted octanol–water partition coefficient (Wildman–Crippen LogP) is 8.23. The first-order chi connectivity index (χ1) is 20.7. The lowest BCUT2D eigenvalue weighted by Gasteiger charge is -2.40. The third-order valence-electron chi connectivity index (χ3n) is 7.91. The van der Waals surface area contributed by atoms with Gasteiger partial charge in [-0.25, -0.2) is 4.99 Å². The Labute approximate surface area is 251 Å². The van der Waals surface area contributed by atoms with Gasteiger partial charge in [0.1, 0.15) is 24.7 Å². The summed E-state index contributed by atoms with van der Waals surface area (Å²) in [6, 6.07) is 23.2. The Morgan fingerprint density at radius 1 is 0.881 bits per heavy atom. The monoisotopic (exact) mass is 578 g/mol. The zero-order valence-corrected chi connectivity index (χ0v) is 24.8. The van der Waals surface area contributed by atoms with Crippen LogP contribution in [-0.2, 0) is 0 Å². The minimum absolute atomic E-state index is 0.0293. The van der Waals surface area contributed by atoms with Gasteiger partial charge in [0, 0.05) is 11.0 Å². The van der Waals surface area contributed by atoms with E-state index in [0.717, 1.165) is 69.9 Å². The van der Waals surface area contributed by atoms with Crippen LogP contribution in [-0.4, -0.2) is 36.5 Å². The maximum absolute atomic E-state index is 5.94. The number of aliphatic imine (C=N–C) groups is 1. The third kappa shape index (κ3) is 5.07. The summed E-state index contributed by atoms with van der Waals surface area (Å²) in [4.78, 5) is 7.74. The van der Waals surface area contributed by atoms with Crippen LogP contribution in [0.25, 0.3) is 11.8 Å². The van der Waals surface area contributed by atoms with Gasteiger partial charge in [-0.05, 0) is 104 Å². The van der Waals surface area contributed by atoms with E-state index in [1.165, 1.54) is 16.7 Å².